The molecule has 96 valence electrons. The molecule has 0 aromatic carbocycles. The van der Waals surface area contributed by atoms with Gasteiger partial charge in [-0.2, -0.15) is 0 Å². The number of hydrogen-bond acceptors (Lipinski definition) is 2. The maximum atomic E-state index is 11.0. The Morgan fingerprint density at radius 1 is 0.938 bits per heavy atom. The van der Waals surface area contributed by atoms with Crippen LogP contribution in [0.1, 0.15) is 64.7 Å². The molecular weight excluding hydrogens is 202 g/mol. The fourth-order valence-corrected chi connectivity index (χ4v) is 1.74. The highest BCUT2D eigenvalue weighted by Gasteiger charge is 2.00. The number of hydrogen-bond donors (Lipinski definition) is 1. The Kier molecular flexibility index (Phi) is 12.1. The maximum Gasteiger partial charge on any atom is 0.305 e. The van der Waals surface area contributed by atoms with Crippen LogP contribution in [0.25, 0.3) is 0 Å². The first-order valence-electron chi connectivity index (χ1n) is 6.76. The molecule has 3 nitrogen and oxygen atoms in total. The van der Waals surface area contributed by atoms with Crippen molar-refractivity contribution in [3.8, 4) is 0 Å². The lowest BCUT2D eigenvalue weighted by Gasteiger charge is -2.02. The van der Waals surface area contributed by atoms with E-state index in [4.69, 9.17) is 4.74 Å². The zero-order chi connectivity index (χ0) is 12.1. The van der Waals surface area contributed by atoms with E-state index in [-0.39, 0.29) is 5.97 Å². The molecule has 0 saturated heterocycles. The molecule has 0 spiro atoms. The van der Waals surface area contributed by atoms with Crippen LogP contribution in [0.15, 0.2) is 0 Å². The van der Waals surface area contributed by atoms with Gasteiger partial charge in [0.25, 0.3) is 0 Å². The van der Waals surface area contributed by atoms with Crippen LogP contribution in [0.4, 0.5) is 0 Å². The summed E-state index contributed by atoms with van der Waals surface area (Å²) in [6.07, 6.45) is 10.6. The topological polar surface area (TPSA) is 53.9 Å². The monoisotopic (exact) mass is 230 g/mol. The molecule has 0 bridgehead atoms. The standard InChI is InChI=1S/C13H27NO2/c1-2-16-13(15)11-9-7-5-3-4-6-8-10-12-14/h2-12,14H2,1H3/p+1. The maximum absolute atomic E-state index is 11.0. The van der Waals surface area contributed by atoms with Crippen LogP contribution in [-0.4, -0.2) is 19.1 Å². The minimum Gasteiger partial charge on any atom is -0.466 e. The van der Waals surface area contributed by atoms with Gasteiger partial charge in [-0.05, 0) is 26.2 Å². The normalized spacial score (nSPS) is 10.4. The highest BCUT2D eigenvalue weighted by Crippen LogP contribution is 2.09. The third-order valence-electron chi connectivity index (χ3n) is 2.69. The van der Waals surface area contributed by atoms with Crippen LogP contribution < -0.4 is 5.73 Å². The second kappa shape index (κ2) is 12.5. The van der Waals surface area contributed by atoms with E-state index in [9.17, 15) is 4.79 Å². The van der Waals surface area contributed by atoms with Gasteiger partial charge >= 0.3 is 5.97 Å². The lowest BCUT2D eigenvalue weighted by Crippen LogP contribution is -2.50. The zero-order valence-electron chi connectivity index (χ0n) is 10.8. The van der Waals surface area contributed by atoms with E-state index in [2.05, 4.69) is 5.73 Å². The average Bonchev–Trinajstić information content (AvgIpc) is 2.27. The Morgan fingerprint density at radius 3 is 1.94 bits per heavy atom. The van der Waals surface area contributed by atoms with Crippen molar-refractivity contribution < 1.29 is 15.3 Å². The van der Waals surface area contributed by atoms with E-state index in [1.54, 1.807) is 0 Å². The highest BCUT2D eigenvalue weighted by molar-refractivity contribution is 5.69. The quantitative estimate of drug-likeness (QED) is 0.437. The van der Waals surface area contributed by atoms with Gasteiger partial charge in [0, 0.05) is 6.42 Å². The summed E-state index contributed by atoms with van der Waals surface area (Å²) < 4.78 is 4.87. The molecule has 0 radical (unpaired) electrons. The SMILES string of the molecule is CCOC(=O)CCCCCCCCCC[NH3+]. The fourth-order valence-electron chi connectivity index (χ4n) is 1.74. The fraction of sp³-hybridized carbons (Fsp3) is 0.923. The first kappa shape index (κ1) is 15.4. The summed E-state index contributed by atoms with van der Waals surface area (Å²) in [7, 11) is 0. The number of carbonyl (C=O) groups is 1. The van der Waals surface area contributed by atoms with Gasteiger partial charge in [-0.3, -0.25) is 4.79 Å². The van der Waals surface area contributed by atoms with Crippen molar-refractivity contribution in [2.75, 3.05) is 13.2 Å². The van der Waals surface area contributed by atoms with Gasteiger partial charge in [0.15, 0.2) is 0 Å². The molecule has 0 rings (SSSR count). The van der Waals surface area contributed by atoms with E-state index >= 15 is 0 Å². The van der Waals surface area contributed by atoms with Crippen molar-refractivity contribution >= 4 is 5.97 Å². The summed E-state index contributed by atoms with van der Waals surface area (Å²) in [4.78, 5) is 11.0. The van der Waals surface area contributed by atoms with Crippen molar-refractivity contribution in [3.05, 3.63) is 0 Å². The van der Waals surface area contributed by atoms with E-state index < -0.39 is 0 Å². The Hall–Kier alpha value is -0.570. The summed E-state index contributed by atoms with van der Waals surface area (Å²) in [5, 5.41) is 0. The van der Waals surface area contributed by atoms with Crippen molar-refractivity contribution in [3.63, 3.8) is 0 Å². The number of ether oxygens (including phenoxy) is 1. The third kappa shape index (κ3) is 11.5. The Labute approximate surface area is 99.7 Å². The van der Waals surface area contributed by atoms with Gasteiger partial charge in [-0.1, -0.05) is 32.1 Å². The highest BCUT2D eigenvalue weighted by atomic mass is 16.5. The molecule has 0 aliphatic carbocycles. The number of quaternary nitrogens is 1. The van der Waals surface area contributed by atoms with Crippen molar-refractivity contribution in [2.45, 2.75) is 64.7 Å². The minimum atomic E-state index is -0.0436. The number of rotatable bonds is 11. The van der Waals surface area contributed by atoms with Gasteiger partial charge in [-0.15, -0.1) is 0 Å². The van der Waals surface area contributed by atoms with Gasteiger partial charge in [0.2, 0.25) is 0 Å². The summed E-state index contributed by atoms with van der Waals surface area (Å²) >= 11 is 0. The number of esters is 1. The molecule has 0 unspecified atom stereocenters. The molecule has 0 aromatic rings. The smallest absolute Gasteiger partial charge is 0.305 e. The van der Waals surface area contributed by atoms with Gasteiger partial charge in [0.05, 0.1) is 13.2 Å². The molecule has 3 N–H and O–H groups in total. The molecule has 0 saturated carbocycles. The van der Waals surface area contributed by atoms with Crippen molar-refractivity contribution in [1.82, 2.24) is 0 Å². The molecule has 0 heterocycles. The summed E-state index contributed by atoms with van der Waals surface area (Å²) in [5.74, 6) is -0.0436. The molecular formula is C13H28NO2+. The summed E-state index contributed by atoms with van der Waals surface area (Å²) in [6.45, 7) is 3.42. The Morgan fingerprint density at radius 2 is 1.44 bits per heavy atom. The molecule has 16 heavy (non-hydrogen) atoms. The van der Waals surface area contributed by atoms with Crippen LogP contribution in [0.3, 0.4) is 0 Å². The Balaban J connectivity index is 3.01. The molecule has 0 aliphatic heterocycles. The van der Waals surface area contributed by atoms with E-state index in [0.717, 1.165) is 19.4 Å². The van der Waals surface area contributed by atoms with Crippen molar-refractivity contribution in [2.24, 2.45) is 0 Å². The lowest BCUT2D eigenvalue weighted by molar-refractivity contribution is -0.368. The second-order valence-corrected chi connectivity index (χ2v) is 4.24. The lowest BCUT2D eigenvalue weighted by atomic mass is 10.1. The predicted molar refractivity (Wildman–Crippen MR) is 65.9 cm³/mol. The first-order chi connectivity index (χ1) is 7.81. The van der Waals surface area contributed by atoms with E-state index in [1.807, 2.05) is 6.92 Å². The van der Waals surface area contributed by atoms with Crippen LogP contribution >= 0.6 is 0 Å². The zero-order valence-corrected chi connectivity index (χ0v) is 10.8. The number of carbonyl (C=O) groups excluding carboxylic acids is 1. The molecule has 0 atom stereocenters. The van der Waals surface area contributed by atoms with Crippen molar-refractivity contribution in [1.29, 1.82) is 0 Å². The largest absolute Gasteiger partial charge is 0.466 e. The average molecular weight is 230 g/mol. The molecule has 0 amide bonds. The van der Waals surface area contributed by atoms with Crippen LogP contribution in [0.2, 0.25) is 0 Å². The first-order valence-corrected chi connectivity index (χ1v) is 6.76. The molecule has 0 aromatic heterocycles. The molecule has 0 fully saturated rings. The molecule has 3 heteroatoms. The van der Waals surface area contributed by atoms with Crippen LogP contribution in [0.5, 0.6) is 0 Å². The van der Waals surface area contributed by atoms with E-state index in [1.165, 1.54) is 38.5 Å². The van der Waals surface area contributed by atoms with Gasteiger partial charge in [0.1, 0.15) is 0 Å². The van der Waals surface area contributed by atoms with E-state index in [0.29, 0.717) is 13.0 Å². The van der Waals surface area contributed by atoms with Crippen LogP contribution in [0, 0.1) is 0 Å². The minimum absolute atomic E-state index is 0.0436. The number of unbranched alkanes of at least 4 members (excludes halogenated alkanes) is 7. The second-order valence-electron chi connectivity index (χ2n) is 4.24. The van der Waals surface area contributed by atoms with Crippen LogP contribution in [-0.2, 0) is 9.53 Å². The summed E-state index contributed by atoms with van der Waals surface area (Å²) in [6, 6.07) is 0. The van der Waals surface area contributed by atoms with Gasteiger partial charge in [-0.25, -0.2) is 0 Å². The van der Waals surface area contributed by atoms with Gasteiger partial charge < -0.3 is 10.5 Å². The third-order valence-corrected chi connectivity index (χ3v) is 2.69. The predicted octanol–water partition coefficient (Wildman–Crippen LogP) is 2.30. The Bertz CT molecular complexity index is 160. The summed E-state index contributed by atoms with van der Waals surface area (Å²) in [5.41, 5.74) is 3.83. The molecule has 0 aliphatic rings.